The lowest BCUT2D eigenvalue weighted by Gasteiger charge is -2.23. The zero-order valence-corrected chi connectivity index (χ0v) is 12.7. The molecule has 1 aliphatic rings. The Hall–Kier alpha value is -1.59. The van der Waals surface area contributed by atoms with Crippen LogP contribution in [0.4, 0.5) is 5.69 Å². The van der Waals surface area contributed by atoms with Gasteiger partial charge in [-0.05, 0) is 63.0 Å². The quantitative estimate of drug-likeness (QED) is 0.804. The molecule has 1 amide bonds. The van der Waals surface area contributed by atoms with Crippen LogP contribution in [0.2, 0.25) is 0 Å². The molecule has 1 atom stereocenters. The van der Waals surface area contributed by atoms with Gasteiger partial charge in [0.25, 0.3) is 0 Å². The van der Waals surface area contributed by atoms with Crippen LogP contribution in [0.15, 0.2) is 24.3 Å². The van der Waals surface area contributed by atoms with Gasteiger partial charge in [0.1, 0.15) is 5.75 Å². The number of nitrogens with zero attached hydrogens (tertiary/aromatic N) is 1. The van der Waals surface area contributed by atoms with Crippen molar-refractivity contribution in [2.75, 3.05) is 32.1 Å². The first-order chi connectivity index (χ1) is 10.2. The summed E-state index contributed by atoms with van der Waals surface area (Å²) in [6.45, 7) is 2.19. The number of nitrogens with one attached hydrogen (secondary N) is 1. The highest BCUT2D eigenvalue weighted by atomic mass is 16.5. The summed E-state index contributed by atoms with van der Waals surface area (Å²) >= 11 is 0. The third-order valence-corrected chi connectivity index (χ3v) is 3.96. The van der Waals surface area contributed by atoms with Crippen LogP contribution in [-0.4, -0.2) is 43.6 Å². The average Bonchev–Trinajstić information content (AvgIpc) is 2.93. The monoisotopic (exact) mass is 291 g/mol. The second-order valence-corrected chi connectivity index (χ2v) is 5.47. The maximum absolute atomic E-state index is 12.1. The summed E-state index contributed by atoms with van der Waals surface area (Å²) in [5.41, 5.74) is 6.38. The number of carbonyl (C=O) groups is 1. The molecule has 116 valence electrons. The fourth-order valence-electron chi connectivity index (χ4n) is 2.84. The number of hydrogen-bond donors (Lipinski definition) is 2. The standard InChI is InChI=1S/C16H25N3O2/c1-21-15-8-6-13(7-9-15)18-16(20)12-19-11-3-5-14(19)4-2-10-17/h6-9,14H,2-5,10-12,17H2,1H3,(H,18,20). The number of anilines is 1. The molecule has 1 saturated heterocycles. The van der Waals surface area contributed by atoms with Crippen LogP contribution in [0.3, 0.4) is 0 Å². The number of carbonyl (C=O) groups excluding carboxylic acids is 1. The summed E-state index contributed by atoms with van der Waals surface area (Å²) in [5.74, 6) is 0.828. The Morgan fingerprint density at radius 1 is 1.43 bits per heavy atom. The van der Waals surface area contributed by atoms with Crippen LogP contribution >= 0.6 is 0 Å². The van der Waals surface area contributed by atoms with Crippen LogP contribution < -0.4 is 15.8 Å². The van der Waals surface area contributed by atoms with Crippen molar-refractivity contribution in [1.29, 1.82) is 0 Å². The molecular weight excluding hydrogens is 266 g/mol. The Bertz CT molecular complexity index is 447. The molecule has 0 saturated carbocycles. The minimum absolute atomic E-state index is 0.0415. The van der Waals surface area contributed by atoms with Crippen molar-refractivity contribution in [2.45, 2.75) is 31.7 Å². The topological polar surface area (TPSA) is 67.6 Å². The van der Waals surface area contributed by atoms with Gasteiger partial charge >= 0.3 is 0 Å². The van der Waals surface area contributed by atoms with E-state index in [4.69, 9.17) is 10.5 Å². The molecule has 0 bridgehead atoms. The van der Waals surface area contributed by atoms with Crippen LogP contribution in [-0.2, 0) is 4.79 Å². The lowest BCUT2D eigenvalue weighted by Crippen LogP contribution is -2.37. The van der Waals surface area contributed by atoms with Gasteiger partial charge in [-0.1, -0.05) is 0 Å². The smallest absolute Gasteiger partial charge is 0.238 e. The number of methoxy groups -OCH3 is 1. The van der Waals surface area contributed by atoms with E-state index in [0.29, 0.717) is 12.6 Å². The first-order valence-electron chi connectivity index (χ1n) is 7.61. The molecule has 5 heteroatoms. The zero-order valence-electron chi connectivity index (χ0n) is 12.7. The summed E-state index contributed by atoms with van der Waals surface area (Å²) in [6, 6.07) is 7.90. The van der Waals surface area contributed by atoms with E-state index in [-0.39, 0.29) is 5.91 Å². The molecule has 2 rings (SSSR count). The molecule has 21 heavy (non-hydrogen) atoms. The fraction of sp³-hybridized carbons (Fsp3) is 0.562. The molecule has 0 aliphatic carbocycles. The van der Waals surface area contributed by atoms with Gasteiger partial charge in [0.15, 0.2) is 0 Å². The first kappa shape index (κ1) is 15.8. The van der Waals surface area contributed by atoms with Gasteiger partial charge in [0, 0.05) is 11.7 Å². The molecule has 0 aromatic heterocycles. The predicted molar refractivity (Wildman–Crippen MR) is 84.5 cm³/mol. The maximum Gasteiger partial charge on any atom is 0.238 e. The van der Waals surface area contributed by atoms with Crippen molar-refractivity contribution in [2.24, 2.45) is 5.73 Å². The Morgan fingerprint density at radius 2 is 2.19 bits per heavy atom. The van der Waals surface area contributed by atoms with Crippen LogP contribution in [0, 0.1) is 0 Å². The molecule has 5 nitrogen and oxygen atoms in total. The van der Waals surface area contributed by atoms with Gasteiger partial charge in [-0.15, -0.1) is 0 Å². The molecule has 1 aromatic carbocycles. The molecule has 1 fully saturated rings. The second kappa shape index (κ2) is 8.00. The molecule has 0 radical (unpaired) electrons. The summed E-state index contributed by atoms with van der Waals surface area (Å²) < 4.78 is 5.10. The van der Waals surface area contributed by atoms with Gasteiger partial charge in [0.2, 0.25) is 5.91 Å². The van der Waals surface area contributed by atoms with E-state index in [9.17, 15) is 4.79 Å². The number of ether oxygens (including phenoxy) is 1. The predicted octanol–water partition coefficient (Wildman–Crippen LogP) is 1.84. The Labute approximate surface area is 126 Å². The maximum atomic E-state index is 12.1. The number of rotatable bonds is 7. The minimum Gasteiger partial charge on any atom is -0.497 e. The van der Waals surface area contributed by atoms with Crippen LogP contribution in [0.1, 0.15) is 25.7 Å². The number of hydrogen-bond acceptors (Lipinski definition) is 4. The average molecular weight is 291 g/mol. The van der Waals surface area contributed by atoms with E-state index in [2.05, 4.69) is 10.2 Å². The second-order valence-electron chi connectivity index (χ2n) is 5.47. The summed E-state index contributed by atoms with van der Waals surface area (Å²) in [7, 11) is 1.63. The number of likely N-dealkylation sites (tertiary alicyclic amines) is 1. The van der Waals surface area contributed by atoms with Crippen LogP contribution in [0.25, 0.3) is 0 Å². The summed E-state index contributed by atoms with van der Waals surface area (Å²) in [6.07, 6.45) is 4.47. The molecular formula is C16H25N3O2. The molecule has 1 aliphatic heterocycles. The largest absolute Gasteiger partial charge is 0.497 e. The highest BCUT2D eigenvalue weighted by Gasteiger charge is 2.25. The van der Waals surface area contributed by atoms with Gasteiger partial charge in [-0.2, -0.15) is 0 Å². The Morgan fingerprint density at radius 3 is 2.86 bits per heavy atom. The van der Waals surface area contributed by atoms with E-state index in [0.717, 1.165) is 37.4 Å². The van der Waals surface area contributed by atoms with Gasteiger partial charge < -0.3 is 15.8 Å². The van der Waals surface area contributed by atoms with Gasteiger partial charge in [0.05, 0.1) is 13.7 Å². The van der Waals surface area contributed by atoms with Crippen molar-refractivity contribution < 1.29 is 9.53 Å². The Kier molecular flexibility index (Phi) is 6.02. The highest BCUT2D eigenvalue weighted by molar-refractivity contribution is 5.92. The van der Waals surface area contributed by atoms with E-state index in [1.54, 1.807) is 7.11 Å². The van der Waals surface area contributed by atoms with E-state index in [1.165, 1.54) is 12.8 Å². The molecule has 1 unspecified atom stereocenters. The third kappa shape index (κ3) is 4.72. The lowest BCUT2D eigenvalue weighted by molar-refractivity contribution is -0.117. The van der Waals surface area contributed by atoms with Crippen molar-refractivity contribution in [1.82, 2.24) is 4.90 Å². The zero-order chi connectivity index (χ0) is 15.1. The number of nitrogens with two attached hydrogens (primary N) is 1. The van der Waals surface area contributed by atoms with E-state index < -0.39 is 0 Å². The summed E-state index contributed by atoms with van der Waals surface area (Å²) in [4.78, 5) is 14.4. The molecule has 0 spiro atoms. The SMILES string of the molecule is COc1ccc(NC(=O)CN2CCCC2CCCN)cc1. The molecule has 1 aromatic rings. The molecule has 3 N–H and O–H groups in total. The number of benzene rings is 1. The van der Waals surface area contributed by atoms with Crippen molar-refractivity contribution in [3.8, 4) is 5.75 Å². The fourth-order valence-corrected chi connectivity index (χ4v) is 2.84. The van der Waals surface area contributed by atoms with E-state index in [1.807, 2.05) is 24.3 Å². The molecule has 1 heterocycles. The highest BCUT2D eigenvalue weighted by Crippen LogP contribution is 2.21. The van der Waals surface area contributed by atoms with Gasteiger partial charge in [-0.25, -0.2) is 0 Å². The Balaban J connectivity index is 1.82. The van der Waals surface area contributed by atoms with Crippen LogP contribution in [0.5, 0.6) is 5.75 Å². The van der Waals surface area contributed by atoms with E-state index >= 15 is 0 Å². The normalized spacial score (nSPS) is 18.7. The summed E-state index contributed by atoms with van der Waals surface area (Å²) in [5, 5.41) is 2.94. The van der Waals surface area contributed by atoms with Gasteiger partial charge in [-0.3, -0.25) is 9.69 Å². The number of amides is 1. The van der Waals surface area contributed by atoms with Crippen molar-refractivity contribution in [3.05, 3.63) is 24.3 Å². The van der Waals surface area contributed by atoms with Crippen molar-refractivity contribution in [3.63, 3.8) is 0 Å². The first-order valence-corrected chi connectivity index (χ1v) is 7.61. The minimum atomic E-state index is 0.0415. The third-order valence-electron chi connectivity index (χ3n) is 3.96. The lowest BCUT2D eigenvalue weighted by atomic mass is 10.1. The van der Waals surface area contributed by atoms with Crippen molar-refractivity contribution >= 4 is 11.6 Å².